The van der Waals surface area contributed by atoms with Crippen molar-refractivity contribution in [2.45, 2.75) is 17.5 Å². The molecule has 0 aliphatic carbocycles. The second-order valence-electron chi connectivity index (χ2n) is 7.15. The van der Waals surface area contributed by atoms with Gasteiger partial charge in [0, 0.05) is 51.5 Å². The molecule has 2 aliphatic rings. The Balaban J connectivity index is 1.60. The number of methoxy groups -OCH3 is 1. The number of ether oxygens (including phenoxy) is 1. The molecule has 0 saturated carbocycles. The normalized spacial score (nSPS) is 21.3. The minimum Gasteiger partial charge on any atom is -0.495 e. The zero-order chi connectivity index (χ0) is 19.0. The van der Waals surface area contributed by atoms with Crippen LogP contribution in [0.2, 0.25) is 0 Å². The van der Waals surface area contributed by atoms with E-state index >= 15 is 0 Å². The number of piperazine rings is 1. The molecule has 0 bridgehead atoms. The van der Waals surface area contributed by atoms with E-state index in [0.29, 0.717) is 18.8 Å². The van der Waals surface area contributed by atoms with E-state index in [9.17, 15) is 8.42 Å². The van der Waals surface area contributed by atoms with Crippen LogP contribution in [0.3, 0.4) is 0 Å². The molecule has 2 aliphatic heterocycles. The fourth-order valence-corrected chi connectivity index (χ4v) is 5.71. The Labute approximate surface area is 161 Å². The summed E-state index contributed by atoms with van der Waals surface area (Å²) in [4.78, 5) is 4.88. The molecule has 7 heteroatoms. The molecule has 0 spiro atoms. The summed E-state index contributed by atoms with van der Waals surface area (Å²) in [6.45, 7) is 3.35. The summed E-state index contributed by atoms with van der Waals surface area (Å²) in [5, 5.41) is 0. The second kappa shape index (κ2) is 7.14. The number of nitrogens with zero attached hydrogens (tertiary/aromatic N) is 3. The average molecular weight is 388 g/mol. The summed E-state index contributed by atoms with van der Waals surface area (Å²) in [6, 6.07) is 15.4. The molecule has 1 fully saturated rings. The van der Waals surface area contributed by atoms with E-state index in [4.69, 9.17) is 4.74 Å². The quantitative estimate of drug-likeness (QED) is 0.807. The second-order valence-corrected chi connectivity index (χ2v) is 9.05. The number of fused-ring (bicyclic) bond motifs is 2. The molecule has 2 heterocycles. The first kappa shape index (κ1) is 18.3. The third kappa shape index (κ3) is 3.31. The predicted octanol–water partition coefficient (Wildman–Crippen LogP) is 2.02. The van der Waals surface area contributed by atoms with Crippen molar-refractivity contribution in [3.63, 3.8) is 0 Å². The molecule has 6 nitrogen and oxygen atoms in total. The molecule has 1 saturated heterocycles. The largest absolute Gasteiger partial charge is 0.495 e. The van der Waals surface area contributed by atoms with Gasteiger partial charge in [-0.1, -0.05) is 30.3 Å². The summed E-state index contributed by atoms with van der Waals surface area (Å²) in [7, 11) is -0.00588. The Morgan fingerprint density at radius 2 is 1.74 bits per heavy atom. The molecule has 2 aromatic rings. The van der Waals surface area contributed by atoms with Crippen molar-refractivity contribution in [3.8, 4) is 5.75 Å². The molecule has 0 radical (unpaired) electrons. The number of hydrogen-bond donors (Lipinski definition) is 0. The van der Waals surface area contributed by atoms with Crippen LogP contribution in [-0.2, 0) is 16.6 Å². The van der Waals surface area contributed by atoms with Gasteiger partial charge in [-0.05, 0) is 23.8 Å². The van der Waals surface area contributed by atoms with Crippen molar-refractivity contribution in [2.75, 3.05) is 45.2 Å². The lowest BCUT2D eigenvalue weighted by atomic mass is 10.1. The van der Waals surface area contributed by atoms with Crippen molar-refractivity contribution >= 4 is 15.7 Å². The van der Waals surface area contributed by atoms with Crippen LogP contribution in [0.1, 0.15) is 5.56 Å². The van der Waals surface area contributed by atoms with Crippen LogP contribution in [0.5, 0.6) is 5.75 Å². The maximum absolute atomic E-state index is 13.2. The van der Waals surface area contributed by atoms with Crippen LogP contribution in [0.4, 0.5) is 5.69 Å². The van der Waals surface area contributed by atoms with Crippen molar-refractivity contribution < 1.29 is 13.2 Å². The Morgan fingerprint density at radius 3 is 2.56 bits per heavy atom. The van der Waals surface area contributed by atoms with Crippen LogP contribution >= 0.6 is 0 Å². The van der Waals surface area contributed by atoms with Gasteiger partial charge < -0.3 is 9.64 Å². The molecule has 0 aromatic heterocycles. The van der Waals surface area contributed by atoms with Gasteiger partial charge >= 0.3 is 0 Å². The van der Waals surface area contributed by atoms with Crippen molar-refractivity contribution in [1.82, 2.24) is 9.21 Å². The maximum Gasteiger partial charge on any atom is 0.246 e. The molecule has 4 rings (SSSR count). The van der Waals surface area contributed by atoms with Gasteiger partial charge in [0.05, 0.1) is 7.11 Å². The van der Waals surface area contributed by atoms with Gasteiger partial charge in [0.1, 0.15) is 10.6 Å². The standard InChI is InChI=1S/C20H25N3O3S/c1-21-14-17-15-23(27(24,25)20-10-6-5-9-19(20)26-2)12-11-22(17)13-16-7-3-4-8-18(16)21/h3-10,17H,11-15H2,1-2H3. The fraction of sp³-hybridized carbons (Fsp3) is 0.400. The Kier molecular flexibility index (Phi) is 4.84. The van der Waals surface area contributed by atoms with E-state index in [0.717, 1.165) is 19.6 Å². The molecule has 0 amide bonds. The highest BCUT2D eigenvalue weighted by Gasteiger charge is 2.37. The molecule has 144 valence electrons. The summed E-state index contributed by atoms with van der Waals surface area (Å²) >= 11 is 0. The summed E-state index contributed by atoms with van der Waals surface area (Å²) in [5.74, 6) is 0.394. The van der Waals surface area contributed by atoms with Crippen LogP contribution in [0.15, 0.2) is 53.4 Å². The topological polar surface area (TPSA) is 53.1 Å². The van der Waals surface area contributed by atoms with Gasteiger partial charge in [0.25, 0.3) is 0 Å². The van der Waals surface area contributed by atoms with E-state index in [1.165, 1.54) is 18.4 Å². The minimum atomic E-state index is -3.59. The van der Waals surface area contributed by atoms with E-state index in [2.05, 4.69) is 41.1 Å². The zero-order valence-corrected chi connectivity index (χ0v) is 16.5. The maximum atomic E-state index is 13.2. The van der Waals surface area contributed by atoms with Gasteiger partial charge in [-0.2, -0.15) is 4.31 Å². The van der Waals surface area contributed by atoms with E-state index in [1.54, 1.807) is 28.6 Å². The minimum absolute atomic E-state index is 0.153. The van der Waals surface area contributed by atoms with Gasteiger partial charge in [-0.25, -0.2) is 8.42 Å². The van der Waals surface area contributed by atoms with E-state index in [-0.39, 0.29) is 10.9 Å². The number of benzene rings is 2. The number of hydrogen-bond acceptors (Lipinski definition) is 5. The molecule has 2 aromatic carbocycles. The average Bonchev–Trinajstić information content (AvgIpc) is 2.83. The lowest BCUT2D eigenvalue weighted by Crippen LogP contribution is -2.56. The number of sulfonamides is 1. The molecular weight excluding hydrogens is 362 g/mol. The van der Waals surface area contributed by atoms with E-state index < -0.39 is 10.0 Å². The highest BCUT2D eigenvalue weighted by Crippen LogP contribution is 2.31. The molecule has 1 unspecified atom stereocenters. The number of para-hydroxylation sites is 2. The van der Waals surface area contributed by atoms with Crippen LogP contribution in [0, 0.1) is 0 Å². The van der Waals surface area contributed by atoms with Crippen molar-refractivity contribution in [3.05, 3.63) is 54.1 Å². The highest BCUT2D eigenvalue weighted by atomic mass is 32.2. The number of likely N-dealkylation sites (N-methyl/N-ethyl adjacent to an activating group) is 1. The fourth-order valence-electron chi connectivity index (χ4n) is 4.09. The third-order valence-electron chi connectivity index (χ3n) is 5.52. The SMILES string of the molecule is COc1ccccc1S(=O)(=O)N1CCN2Cc3ccccc3N(C)CC2C1. The van der Waals surface area contributed by atoms with Gasteiger partial charge in [-0.15, -0.1) is 0 Å². The first-order chi connectivity index (χ1) is 13.0. The first-order valence-electron chi connectivity index (χ1n) is 9.17. The molecule has 1 atom stereocenters. The summed E-state index contributed by atoms with van der Waals surface area (Å²) in [5.41, 5.74) is 2.52. The van der Waals surface area contributed by atoms with Crippen molar-refractivity contribution in [2.24, 2.45) is 0 Å². The lowest BCUT2D eigenvalue weighted by Gasteiger charge is -2.40. The summed E-state index contributed by atoms with van der Waals surface area (Å²) < 4.78 is 33.4. The Hall–Kier alpha value is -2.09. The lowest BCUT2D eigenvalue weighted by molar-refractivity contribution is 0.118. The third-order valence-corrected chi connectivity index (χ3v) is 7.42. The summed E-state index contributed by atoms with van der Waals surface area (Å²) in [6.07, 6.45) is 0. The van der Waals surface area contributed by atoms with E-state index in [1.807, 2.05) is 0 Å². The van der Waals surface area contributed by atoms with Gasteiger partial charge in [0.2, 0.25) is 10.0 Å². The van der Waals surface area contributed by atoms with Crippen molar-refractivity contribution in [1.29, 1.82) is 0 Å². The number of rotatable bonds is 3. The monoisotopic (exact) mass is 387 g/mol. The molecule has 27 heavy (non-hydrogen) atoms. The first-order valence-corrected chi connectivity index (χ1v) is 10.6. The predicted molar refractivity (Wildman–Crippen MR) is 106 cm³/mol. The molecule has 0 N–H and O–H groups in total. The Morgan fingerprint density at radius 1 is 1.00 bits per heavy atom. The van der Waals surface area contributed by atoms with Gasteiger partial charge in [-0.3, -0.25) is 4.90 Å². The smallest absolute Gasteiger partial charge is 0.246 e. The van der Waals surface area contributed by atoms with Crippen LogP contribution in [-0.4, -0.2) is 64.0 Å². The Bertz CT molecular complexity index is 932. The van der Waals surface area contributed by atoms with Crippen LogP contribution in [0.25, 0.3) is 0 Å². The number of anilines is 1. The zero-order valence-electron chi connectivity index (χ0n) is 15.7. The molecular formula is C20H25N3O3S. The van der Waals surface area contributed by atoms with Crippen LogP contribution < -0.4 is 9.64 Å². The highest BCUT2D eigenvalue weighted by molar-refractivity contribution is 7.89. The van der Waals surface area contributed by atoms with Gasteiger partial charge in [0.15, 0.2) is 0 Å².